The Hall–Kier alpha value is -0.430. The second kappa shape index (κ2) is 5.28. The maximum atomic E-state index is 12.1. The van der Waals surface area contributed by atoms with Gasteiger partial charge in [-0.25, -0.2) is 13.1 Å². The minimum Gasteiger partial charge on any atom is -0.315 e. The maximum Gasteiger partial charge on any atom is 0.250 e. The normalized spacial score (nSPS) is 23.3. The van der Waals surface area contributed by atoms with Crippen LogP contribution in [0.3, 0.4) is 0 Å². The lowest BCUT2D eigenvalue weighted by atomic mass is 10.3. The summed E-state index contributed by atoms with van der Waals surface area (Å²) in [4.78, 5) is 1.08. The van der Waals surface area contributed by atoms with E-state index in [-0.39, 0.29) is 0 Å². The van der Waals surface area contributed by atoms with Gasteiger partial charge < -0.3 is 5.32 Å². The molecule has 102 valence electrons. The molecule has 0 saturated heterocycles. The molecule has 2 rings (SSSR count). The van der Waals surface area contributed by atoms with Crippen molar-refractivity contribution in [3.05, 3.63) is 16.5 Å². The van der Waals surface area contributed by atoms with Gasteiger partial charge in [-0.1, -0.05) is 6.92 Å². The molecule has 1 aliphatic carbocycles. The minimum atomic E-state index is -3.32. The van der Waals surface area contributed by atoms with Crippen LogP contribution in [0.2, 0.25) is 0 Å². The van der Waals surface area contributed by atoms with Gasteiger partial charge >= 0.3 is 0 Å². The van der Waals surface area contributed by atoms with E-state index in [0.29, 0.717) is 29.1 Å². The fourth-order valence-electron chi connectivity index (χ4n) is 1.93. The molecule has 1 heterocycles. The Morgan fingerprint density at radius 3 is 2.72 bits per heavy atom. The first-order valence-electron chi connectivity index (χ1n) is 6.17. The van der Waals surface area contributed by atoms with Crippen molar-refractivity contribution in [2.45, 2.75) is 31.0 Å². The maximum absolute atomic E-state index is 12.1. The lowest BCUT2D eigenvalue weighted by Gasteiger charge is -2.03. The molecule has 0 aromatic carbocycles. The van der Waals surface area contributed by atoms with Crippen LogP contribution in [-0.2, 0) is 16.6 Å². The first-order valence-corrected chi connectivity index (χ1v) is 8.47. The number of thiophene rings is 1. The van der Waals surface area contributed by atoms with Crippen molar-refractivity contribution < 1.29 is 8.42 Å². The molecule has 1 aromatic heterocycles. The first kappa shape index (κ1) is 14.0. The van der Waals surface area contributed by atoms with E-state index in [1.165, 1.54) is 11.3 Å². The third kappa shape index (κ3) is 3.12. The van der Waals surface area contributed by atoms with Crippen LogP contribution < -0.4 is 10.0 Å². The number of hydrogen-bond donors (Lipinski definition) is 2. The van der Waals surface area contributed by atoms with Crippen LogP contribution >= 0.6 is 11.3 Å². The van der Waals surface area contributed by atoms with Gasteiger partial charge in [-0.3, -0.25) is 0 Å². The van der Waals surface area contributed by atoms with Crippen LogP contribution in [-0.4, -0.2) is 22.0 Å². The summed E-state index contributed by atoms with van der Waals surface area (Å²) in [6, 6.07) is 1.76. The van der Waals surface area contributed by atoms with E-state index < -0.39 is 10.0 Å². The monoisotopic (exact) mass is 288 g/mol. The van der Waals surface area contributed by atoms with Crippen molar-refractivity contribution in [2.75, 3.05) is 13.6 Å². The third-order valence-electron chi connectivity index (χ3n) is 3.41. The zero-order valence-corrected chi connectivity index (χ0v) is 12.6. The van der Waals surface area contributed by atoms with Gasteiger partial charge in [0.1, 0.15) is 4.21 Å². The van der Waals surface area contributed by atoms with Gasteiger partial charge in [0.15, 0.2) is 0 Å². The second-order valence-corrected chi connectivity index (χ2v) is 8.16. The van der Waals surface area contributed by atoms with E-state index in [1.807, 2.05) is 14.0 Å². The summed E-state index contributed by atoms with van der Waals surface area (Å²) in [5, 5.41) is 3.05. The molecule has 0 bridgehead atoms. The zero-order chi connectivity index (χ0) is 13.3. The largest absolute Gasteiger partial charge is 0.315 e. The Kier molecular flexibility index (Phi) is 4.11. The Balaban J connectivity index is 2.06. The molecular formula is C12H20N2O2S2. The molecule has 4 nitrogen and oxygen atoms in total. The lowest BCUT2D eigenvalue weighted by Crippen LogP contribution is -2.25. The number of aryl methyl sites for hydroxylation is 1. The lowest BCUT2D eigenvalue weighted by molar-refractivity contribution is 0.576. The highest BCUT2D eigenvalue weighted by Gasteiger charge is 2.33. The Morgan fingerprint density at radius 1 is 1.50 bits per heavy atom. The van der Waals surface area contributed by atoms with E-state index in [0.717, 1.165) is 16.9 Å². The summed E-state index contributed by atoms with van der Waals surface area (Å²) in [5.74, 6) is 1.19. The van der Waals surface area contributed by atoms with Crippen LogP contribution in [0.25, 0.3) is 0 Å². The molecule has 0 radical (unpaired) electrons. The van der Waals surface area contributed by atoms with E-state index in [4.69, 9.17) is 0 Å². The molecule has 0 spiro atoms. The van der Waals surface area contributed by atoms with Crippen molar-refractivity contribution >= 4 is 21.4 Å². The summed E-state index contributed by atoms with van der Waals surface area (Å²) < 4.78 is 27.4. The van der Waals surface area contributed by atoms with Gasteiger partial charge in [-0.2, -0.15) is 0 Å². The number of rotatable bonds is 6. The molecule has 6 heteroatoms. The molecule has 1 aliphatic rings. The SMILES string of the molecule is CNCc1sc(S(=O)(=O)NCC2CC2C)cc1C. The first-order chi connectivity index (χ1) is 8.44. The highest BCUT2D eigenvalue weighted by Crippen LogP contribution is 2.37. The van der Waals surface area contributed by atoms with Crippen molar-refractivity contribution in [3.63, 3.8) is 0 Å². The summed E-state index contributed by atoms with van der Waals surface area (Å²) in [6.45, 7) is 5.39. The molecule has 2 unspecified atom stereocenters. The predicted molar refractivity (Wildman–Crippen MR) is 74.3 cm³/mol. The van der Waals surface area contributed by atoms with Crippen LogP contribution in [0, 0.1) is 18.8 Å². The smallest absolute Gasteiger partial charge is 0.250 e. The molecular weight excluding hydrogens is 268 g/mol. The van der Waals surface area contributed by atoms with Crippen LogP contribution in [0.4, 0.5) is 0 Å². The zero-order valence-electron chi connectivity index (χ0n) is 11.0. The third-order valence-corrected chi connectivity index (χ3v) is 6.55. The fourth-order valence-corrected chi connectivity index (χ4v) is 4.67. The molecule has 2 N–H and O–H groups in total. The van der Waals surface area contributed by atoms with Gasteiger partial charge in [-0.05, 0) is 43.9 Å². The van der Waals surface area contributed by atoms with Gasteiger partial charge in [0.2, 0.25) is 10.0 Å². The van der Waals surface area contributed by atoms with E-state index >= 15 is 0 Å². The fraction of sp³-hybridized carbons (Fsp3) is 0.667. The molecule has 0 amide bonds. The minimum absolute atomic E-state index is 0.429. The van der Waals surface area contributed by atoms with E-state index in [1.54, 1.807) is 6.07 Å². The number of nitrogens with one attached hydrogen (secondary N) is 2. The average Bonchev–Trinajstić information content (AvgIpc) is 2.88. The number of hydrogen-bond acceptors (Lipinski definition) is 4. The molecule has 1 saturated carbocycles. The standard InChI is InChI=1S/C12H20N2O2S2/c1-8-4-10(8)6-14-18(15,16)12-5-9(2)11(17-12)7-13-3/h5,8,10,13-14H,4,6-7H2,1-3H3. The highest BCUT2D eigenvalue weighted by molar-refractivity contribution is 7.91. The van der Waals surface area contributed by atoms with Gasteiger partial charge in [0.25, 0.3) is 0 Å². The molecule has 0 aliphatic heterocycles. The van der Waals surface area contributed by atoms with Gasteiger partial charge in [0.05, 0.1) is 0 Å². The Bertz CT molecular complexity index is 522. The topological polar surface area (TPSA) is 58.2 Å². The highest BCUT2D eigenvalue weighted by atomic mass is 32.2. The van der Waals surface area contributed by atoms with Crippen molar-refractivity contribution in [3.8, 4) is 0 Å². The number of sulfonamides is 1. The van der Waals surface area contributed by atoms with Crippen LogP contribution in [0.1, 0.15) is 23.8 Å². The van der Waals surface area contributed by atoms with Gasteiger partial charge in [-0.15, -0.1) is 11.3 Å². The van der Waals surface area contributed by atoms with Crippen LogP contribution in [0.5, 0.6) is 0 Å². The van der Waals surface area contributed by atoms with E-state index in [2.05, 4.69) is 17.0 Å². The quantitative estimate of drug-likeness (QED) is 0.838. The van der Waals surface area contributed by atoms with Crippen molar-refractivity contribution in [2.24, 2.45) is 11.8 Å². The summed E-state index contributed by atoms with van der Waals surface area (Å²) in [6.07, 6.45) is 1.14. The molecule has 2 atom stereocenters. The average molecular weight is 288 g/mol. The van der Waals surface area contributed by atoms with Gasteiger partial charge in [0, 0.05) is 18.0 Å². The molecule has 1 fully saturated rings. The van der Waals surface area contributed by atoms with Crippen molar-refractivity contribution in [1.82, 2.24) is 10.0 Å². The van der Waals surface area contributed by atoms with Crippen molar-refractivity contribution in [1.29, 1.82) is 0 Å². The molecule has 1 aromatic rings. The van der Waals surface area contributed by atoms with Crippen LogP contribution in [0.15, 0.2) is 10.3 Å². The Labute approximate surface area is 113 Å². The summed E-state index contributed by atoms with van der Waals surface area (Å²) in [5.41, 5.74) is 1.04. The summed E-state index contributed by atoms with van der Waals surface area (Å²) >= 11 is 1.35. The van der Waals surface area contributed by atoms with E-state index in [9.17, 15) is 8.42 Å². The summed E-state index contributed by atoms with van der Waals surface area (Å²) in [7, 11) is -1.46. The second-order valence-electron chi connectivity index (χ2n) is 5.03. The Morgan fingerprint density at radius 2 is 2.17 bits per heavy atom. The molecule has 18 heavy (non-hydrogen) atoms. The predicted octanol–water partition coefficient (Wildman–Crippen LogP) is 1.71.